The summed E-state index contributed by atoms with van der Waals surface area (Å²) in [5.41, 5.74) is 1.18. The van der Waals surface area contributed by atoms with E-state index in [9.17, 15) is 9.18 Å². The molecule has 1 N–H and O–H groups in total. The molecule has 4 heterocycles. The quantitative estimate of drug-likeness (QED) is 0.631. The van der Waals surface area contributed by atoms with Crippen LogP contribution in [0, 0.1) is 5.82 Å². The minimum atomic E-state index is -0.463. The van der Waals surface area contributed by atoms with Gasteiger partial charge in [0.2, 0.25) is 0 Å². The summed E-state index contributed by atoms with van der Waals surface area (Å²) in [4.78, 5) is 13.3. The molecule has 1 atom stereocenters. The first kappa shape index (κ1) is 20.7. The van der Waals surface area contributed by atoms with Gasteiger partial charge in [-0.05, 0) is 54.8 Å². The molecular formula is C24H24FN3O4. The van der Waals surface area contributed by atoms with E-state index in [1.807, 2.05) is 12.1 Å². The minimum absolute atomic E-state index is 0.0729. The fraction of sp³-hybridized carbons (Fsp3) is 0.333. The van der Waals surface area contributed by atoms with Gasteiger partial charge in [-0.1, -0.05) is 12.1 Å². The number of rotatable bonds is 6. The van der Waals surface area contributed by atoms with E-state index < -0.39 is 5.54 Å². The topological polar surface area (TPSA) is 80.2 Å². The van der Waals surface area contributed by atoms with Crippen LogP contribution in [0.4, 0.5) is 4.39 Å². The average Bonchev–Trinajstić information content (AvgIpc) is 3.59. The Kier molecular flexibility index (Phi) is 5.63. The van der Waals surface area contributed by atoms with Crippen molar-refractivity contribution in [2.45, 2.75) is 30.8 Å². The summed E-state index contributed by atoms with van der Waals surface area (Å²) in [6.45, 7) is 1.21. The second-order valence-corrected chi connectivity index (χ2v) is 8.05. The van der Waals surface area contributed by atoms with Crippen LogP contribution in [0.2, 0.25) is 0 Å². The van der Waals surface area contributed by atoms with E-state index in [2.05, 4.69) is 10.4 Å². The molecule has 5 rings (SSSR count). The molecule has 3 aromatic rings. The molecule has 8 heteroatoms. The van der Waals surface area contributed by atoms with E-state index in [4.69, 9.17) is 13.6 Å². The molecule has 32 heavy (non-hydrogen) atoms. The second-order valence-electron chi connectivity index (χ2n) is 8.05. The molecule has 1 fully saturated rings. The summed E-state index contributed by atoms with van der Waals surface area (Å²) in [5, 5.41) is 9.49. The molecule has 1 aromatic carbocycles. The smallest absolute Gasteiger partial charge is 0.257 e. The predicted octanol–water partition coefficient (Wildman–Crippen LogP) is 3.98. The van der Waals surface area contributed by atoms with Crippen LogP contribution >= 0.6 is 0 Å². The second kappa shape index (κ2) is 8.72. The van der Waals surface area contributed by atoms with E-state index in [0.717, 1.165) is 5.56 Å². The highest BCUT2D eigenvalue weighted by Gasteiger charge is 2.38. The largest absolute Gasteiger partial charge is 0.467 e. The van der Waals surface area contributed by atoms with Crippen LogP contribution in [0.5, 0.6) is 0 Å². The molecule has 1 saturated heterocycles. The molecule has 166 valence electrons. The monoisotopic (exact) mass is 437 g/mol. The number of furan rings is 2. The Morgan fingerprint density at radius 2 is 1.84 bits per heavy atom. The van der Waals surface area contributed by atoms with E-state index in [-0.39, 0.29) is 24.3 Å². The lowest BCUT2D eigenvalue weighted by molar-refractivity contribution is -0.133. The fourth-order valence-corrected chi connectivity index (χ4v) is 4.42. The number of nitrogens with zero attached hydrogens (tertiary/aromatic N) is 2. The van der Waals surface area contributed by atoms with E-state index in [0.29, 0.717) is 49.7 Å². The zero-order chi connectivity index (χ0) is 22.0. The molecule has 0 aliphatic carbocycles. The van der Waals surface area contributed by atoms with Gasteiger partial charge in [0.15, 0.2) is 0 Å². The Hall–Kier alpha value is -3.23. The molecule has 0 radical (unpaired) electrons. The van der Waals surface area contributed by atoms with E-state index in [1.54, 1.807) is 36.8 Å². The minimum Gasteiger partial charge on any atom is -0.467 e. The highest BCUT2D eigenvalue weighted by atomic mass is 19.1. The van der Waals surface area contributed by atoms with Crippen LogP contribution in [0.25, 0.3) is 0 Å². The van der Waals surface area contributed by atoms with Crippen molar-refractivity contribution in [2.75, 3.05) is 19.8 Å². The molecule has 2 aliphatic rings. The number of ether oxygens (including phenoxy) is 1. The van der Waals surface area contributed by atoms with Gasteiger partial charge < -0.3 is 13.6 Å². The lowest BCUT2D eigenvalue weighted by Crippen LogP contribution is -2.50. The van der Waals surface area contributed by atoms with Crippen molar-refractivity contribution in [2.24, 2.45) is 5.10 Å². The fourth-order valence-electron chi connectivity index (χ4n) is 4.42. The highest BCUT2D eigenvalue weighted by molar-refractivity contribution is 6.01. The van der Waals surface area contributed by atoms with Gasteiger partial charge in [-0.2, -0.15) is 5.10 Å². The van der Waals surface area contributed by atoms with Crippen LogP contribution in [0.3, 0.4) is 0 Å². The summed E-state index contributed by atoms with van der Waals surface area (Å²) in [7, 11) is 0. The van der Waals surface area contributed by atoms with Gasteiger partial charge >= 0.3 is 0 Å². The molecule has 1 unspecified atom stereocenters. The number of halogens is 1. The van der Waals surface area contributed by atoms with Gasteiger partial charge in [0.25, 0.3) is 5.91 Å². The van der Waals surface area contributed by atoms with Gasteiger partial charge in [0.05, 0.1) is 19.1 Å². The summed E-state index contributed by atoms with van der Waals surface area (Å²) < 4.78 is 30.1. The van der Waals surface area contributed by atoms with Crippen molar-refractivity contribution in [1.29, 1.82) is 0 Å². The number of hydrogen-bond donors (Lipinski definition) is 1. The molecular weight excluding hydrogens is 413 g/mol. The molecule has 7 nitrogen and oxygen atoms in total. The van der Waals surface area contributed by atoms with Gasteiger partial charge in [-0.25, -0.2) is 9.40 Å². The molecule has 2 aromatic heterocycles. The lowest BCUT2D eigenvalue weighted by atomic mass is 9.82. The molecule has 0 bridgehead atoms. The lowest BCUT2D eigenvalue weighted by Gasteiger charge is -2.39. The van der Waals surface area contributed by atoms with Crippen LogP contribution in [-0.4, -0.2) is 36.4 Å². The average molecular weight is 437 g/mol. The summed E-state index contributed by atoms with van der Waals surface area (Å²) in [5.74, 6) is 0.839. The number of hydrazone groups is 1. The predicted molar refractivity (Wildman–Crippen MR) is 114 cm³/mol. The highest BCUT2D eigenvalue weighted by Crippen LogP contribution is 2.35. The Bertz CT molecular complexity index is 1070. The van der Waals surface area contributed by atoms with Gasteiger partial charge in [-0.15, -0.1) is 0 Å². The van der Waals surface area contributed by atoms with E-state index in [1.165, 1.54) is 17.1 Å². The van der Waals surface area contributed by atoms with Gasteiger partial charge in [0, 0.05) is 25.2 Å². The Morgan fingerprint density at radius 1 is 1.09 bits per heavy atom. The SMILES string of the molecule is O=C(CNC1(c2ccc(F)cc2)CCOCC1)N1N=C(c2ccco2)CC1c1ccco1. The van der Waals surface area contributed by atoms with Crippen LogP contribution < -0.4 is 5.32 Å². The Labute approximate surface area is 184 Å². The van der Waals surface area contributed by atoms with Crippen molar-refractivity contribution in [1.82, 2.24) is 10.3 Å². The standard InChI is InChI=1S/C24H24FN3O4/c25-18-7-5-17(6-8-18)24(9-13-30-14-10-24)26-16-23(29)28-20(22-4-2-12-32-22)15-19(27-28)21-3-1-11-31-21/h1-8,11-12,20,26H,9-10,13-16H2. The first-order valence-corrected chi connectivity index (χ1v) is 10.7. The number of amides is 1. The first-order chi connectivity index (χ1) is 15.6. The molecule has 2 aliphatic heterocycles. The summed E-state index contributed by atoms with van der Waals surface area (Å²) in [6.07, 6.45) is 5.06. The van der Waals surface area contributed by atoms with Crippen molar-refractivity contribution >= 4 is 11.6 Å². The third-order valence-corrected chi connectivity index (χ3v) is 6.16. The number of hydrogen-bond acceptors (Lipinski definition) is 6. The molecule has 0 saturated carbocycles. The van der Waals surface area contributed by atoms with Crippen LogP contribution in [0.15, 0.2) is 75.0 Å². The third kappa shape index (κ3) is 3.99. The van der Waals surface area contributed by atoms with Crippen molar-refractivity contribution in [3.63, 3.8) is 0 Å². The Morgan fingerprint density at radius 3 is 2.53 bits per heavy atom. The number of carbonyl (C=O) groups is 1. The van der Waals surface area contributed by atoms with E-state index >= 15 is 0 Å². The van der Waals surface area contributed by atoms with Crippen molar-refractivity contribution in [3.8, 4) is 0 Å². The van der Waals surface area contributed by atoms with Crippen LogP contribution in [-0.2, 0) is 15.1 Å². The van der Waals surface area contributed by atoms with Gasteiger partial charge in [-0.3, -0.25) is 10.1 Å². The van der Waals surface area contributed by atoms with Crippen molar-refractivity contribution < 1.29 is 22.8 Å². The van der Waals surface area contributed by atoms with Crippen LogP contribution in [0.1, 0.15) is 42.4 Å². The first-order valence-electron chi connectivity index (χ1n) is 10.7. The summed E-state index contributed by atoms with van der Waals surface area (Å²) in [6, 6.07) is 13.4. The molecule has 1 amide bonds. The maximum absolute atomic E-state index is 13.5. The number of nitrogens with one attached hydrogen (secondary N) is 1. The maximum Gasteiger partial charge on any atom is 0.257 e. The zero-order valence-corrected chi connectivity index (χ0v) is 17.5. The Balaban J connectivity index is 1.37. The third-order valence-electron chi connectivity index (χ3n) is 6.16. The van der Waals surface area contributed by atoms with Crippen molar-refractivity contribution in [3.05, 3.63) is 84.0 Å². The molecule has 0 spiro atoms. The van der Waals surface area contributed by atoms with Gasteiger partial charge in [0.1, 0.15) is 29.1 Å². The maximum atomic E-state index is 13.5. The number of carbonyl (C=O) groups excluding carboxylic acids is 1. The zero-order valence-electron chi connectivity index (χ0n) is 17.5. The number of benzene rings is 1. The summed E-state index contributed by atoms with van der Waals surface area (Å²) >= 11 is 0. The normalized spacial score (nSPS) is 20.3.